The third-order valence-corrected chi connectivity index (χ3v) is 16.7. The maximum Gasteiger partial charge on any atom is 0.145 e. The second-order valence-corrected chi connectivity index (χ2v) is 23.5. The number of benzene rings is 10. The van der Waals surface area contributed by atoms with E-state index in [9.17, 15) is 0 Å². The van der Waals surface area contributed by atoms with Gasteiger partial charge < -0.3 is 14.5 Å². The van der Waals surface area contributed by atoms with Gasteiger partial charge in [0.2, 0.25) is 0 Å². The minimum atomic E-state index is -0.280. The lowest BCUT2D eigenvalue weighted by Crippen LogP contribution is -2.26. The van der Waals surface area contributed by atoms with E-state index < -0.39 is 0 Å². The number of pyridine rings is 1. The van der Waals surface area contributed by atoms with Crippen LogP contribution in [-0.4, -0.2) is 16.1 Å². The smallest absolute Gasteiger partial charge is 0.145 e. The maximum absolute atomic E-state index is 7.50. The first-order valence-corrected chi connectivity index (χ1v) is 27.6. The van der Waals surface area contributed by atoms with Crippen LogP contribution in [0.3, 0.4) is 0 Å². The summed E-state index contributed by atoms with van der Waals surface area (Å²) in [7, 11) is 0. The minimum absolute atomic E-state index is 0.0875. The molecule has 5 nitrogen and oxygen atoms in total. The predicted molar refractivity (Wildman–Crippen MR) is 333 cm³/mol. The van der Waals surface area contributed by atoms with Crippen LogP contribution in [-0.2, 0) is 10.8 Å². The number of hydrogen-bond donors (Lipinski definition) is 0. The number of anilines is 4. The van der Waals surface area contributed by atoms with Gasteiger partial charge in [0, 0.05) is 67.7 Å². The first-order valence-electron chi connectivity index (χ1n) is 27.6. The normalized spacial score (nSPS) is 13.1. The van der Waals surface area contributed by atoms with Crippen LogP contribution in [0.2, 0.25) is 0 Å². The predicted octanol–water partition coefficient (Wildman–Crippen LogP) is 20.3. The Balaban J connectivity index is 0.967. The van der Waals surface area contributed by atoms with E-state index in [0.29, 0.717) is 6.67 Å². The Morgan fingerprint density at radius 2 is 0.924 bits per heavy atom. The van der Waals surface area contributed by atoms with Crippen molar-refractivity contribution in [3.05, 3.63) is 242 Å². The van der Waals surface area contributed by atoms with E-state index in [1.54, 1.807) is 0 Å². The van der Waals surface area contributed by atoms with Crippen LogP contribution in [0.5, 0.6) is 11.5 Å². The number of para-hydroxylation sites is 2. The van der Waals surface area contributed by atoms with Crippen molar-refractivity contribution in [3.8, 4) is 56.0 Å². The standard InChI is InChI=1S/C74H58N4O/c1-73(2,3)48-40-61(46-22-9-7-10-23-46)69(62(41-48)47-24-11-8-12-25-47)76-45-77-66-44-68(64(74(4,5)6)43-63(66)55-31-18-16-29-53(55)58-34-20-36-65(76)71(58)77)79-49-37-38-56-59-33-19-32-57-52-28-15-13-26-50(52)51-27-14-17-30-54(51)60-35-21-39-75-72(60)78(70(57)59)67(56)42-49/h7-44H,45H2,1-6H3. The van der Waals surface area contributed by atoms with Crippen molar-refractivity contribution < 1.29 is 4.74 Å². The van der Waals surface area contributed by atoms with E-state index in [1.165, 1.54) is 88.7 Å². The summed E-state index contributed by atoms with van der Waals surface area (Å²) in [5.74, 6) is 1.59. The molecule has 0 fully saturated rings. The molecule has 0 N–H and O–H groups in total. The molecule has 0 atom stereocenters. The average Bonchev–Trinajstić information content (AvgIpc) is 3.66. The van der Waals surface area contributed by atoms with E-state index in [4.69, 9.17) is 9.72 Å². The summed E-state index contributed by atoms with van der Waals surface area (Å²) in [6.07, 6.45) is 1.92. The Kier molecular flexibility index (Phi) is 10.4. The maximum atomic E-state index is 7.50. The first kappa shape index (κ1) is 46.8. The summed E-state index contributed by atoms with van der Waals surface area (Å²) in [5.41, 5.74) is 19.4. The summed E-state index contributed by atoms with van der Waals surface area (Å²) in [5, 5.41) is 9.28. The summed E-state index contributed by atoms with van der Waals surface area (Å²) < 4.78 is 9.89. The van der Waals surface area contributed by atoms with E-state index in [1.807, 2.05) is 6.20 Å². The number of rotatable bonds is 5. The molecule has 0 saturated carbocycles. The highest BCUT2D eigenvalue weighted by Crippen LogP contribution is 2.59. The van der Waals surface area contributed by atoms with Gasteiger partial charge in [-0.15, -0.1) is 0 Å². The highest BCUT2D eigenvalue weighted by atomic mass is 16.5. The summed E-state index contributed by atoms with van der Waals surface area (Å²) >= 11 is 0. The molecular formula is C74H58N4O. The van der Waals surface area contributed by atoms with Crippen molar-refractivity contribution in [1.82, 2.24) is 9.38 Å². The largest absolute Gasteiger partial charge is 0.457 e. The molecule has 2 aliphatic rings. The van der Waals surface area contributed by atoms with Gasteiger partial charge >= 0.3 is 0 Å². The van der Waals surface area contributed by atoms with Crippen molar-refractivity contribution in [3.63, 3.8) is 0 Å². The summed E-state index contributed by atoms with van der Waals surface area (Å²) in [6.45, 7) is 14.4. The monoisotopic (exact) mass is 1020 g/mol. The van der Waals surface area contributed by atoms with Crippen LogP contribution < -0.4 is 14.5 Å². The number of ether oxygens (including phenoxy) is 1. The molecule has 15 rings (SSSR count). The highest BCUT2D eigenvalue weighted by Gasteiger charge is 2.39. The van der Waals surface area contributed by atoms with Crippen LogP contribution in [0.25, 0.3) is 104 Å². The van der Waals surface area contributed by atoms with Gasteiger partial charge in [-0.3, -0.25) is 4.40 Å². The van der Waals surface area contributed by atoms with Gasteiger partial charge in [-0.1, -0.05) is 205 Å². The molecule has 2 aliphatic heterocycles. The fourth-order valence-corrected chi connectivity index (χ4v) is 13.0. The third-order valence-electron chi connectivity index (χ3n) is 16.7. The zero-order valence-corrected chi connectivity index (χ0v) is 45.3. The van der Waals surface area contributed by atoms with Crippen LogP contribution >= 0.6 is 0 Å². The number of nitrogens with zero attached hydrogens (tertiary/aromatic N) is 4. The van der Waals surface area contributed by atoms with Crippen molar-refractivity contribution in [1.29, 1.82) is 0 Å². The van der Waals surface area contributed by atoms with E-state index in [2.05, 4.69) is 280 Å². The van der Waals surface area contributed by atoms with Gasteiger partial charge in [0.1, 0.15) is 23.8 Å². The highest BCUT2D eigenvalue weighted by molar-refractivity contribution is 6.25. The molecule has 5 heteroatoms. The molecule has 79 heavy (non-hydrogen) atoms. The Morgan fingerprint density at radius 3 is 1.57 bits per heavy atom. The zero-order chi connectivity index (χ0) is 53.3. The summed E-state index contributed by atoms with van der Waals surface area (Å²) in [6, 6.07) is 82.6. The molecule has 5 heterocycles. The van der Waals surface area contributed by atoms with Crippen LogP contribution in [0, 0.1) is 0 Å². The lowest BCUT2D eigenvalue weighted by Gasteiger charge is -2.31. The SMILES string of the molecule is CC(C)(C)c1cc(-c2ccccc2)c(N2CN3c4cc(Oc5ccc6c7cccc8c9ccccc9c9ccccc9c9cccnc9n(c6c5)c87)c(C(C)(C)C)cc4-c4ccccc4-c4cccc2c43)c(-c2ccccc2)c1. The van der Waals surface area contributed by atoms with Gasteiger partial charge in [0.15, 0.2) is 0 Å². The van der Waals surface area contributed by atoms with Gasteiger partial charge in [-0.25, -0.2) is 4.98 Å². The molecule has 0 spiro atoms. The number of hydrogen-bond acceptors (Lipinski definition) is 4. The molecule has 0 unspecified atom stereocenters. The number of fused-ring (bicyclic) bond motifs is 15. The fourth-order valence-electron chi connectivity index (χ4n) is 13.0. The molecule has 0 amide bonds. The van der Waals surface area contributed by atoms with Gasteiger partial charge in [-0.2, -0.15) is 0 Å². The Labute approximate surface area is 460 Å². The van der Waals surface area contributed by atoms with E-state index in [0.717, 1.165) is 61.0 Å². The second kappa shape index (κ2) is 17.5. The quantitative estimate of drug-likeness (QED) is 0.172. The van der Waals surface area contributed by atoms with Crippen LogP contribution in [0.15, 0.2) is 231 Å². The molecule has 0 aliphatic carbocycles. The molecule has 13 aromatic rings. The minimum Gasteiger partial charge on any atom is -0.457 e. The molecule has 0 radical (unpaired) electrons. The zero-order valence-electron chi connectivity index (χ0n) is 45.3. The first-order chi connectivity index (χ1) is 38.5. The van der Waals surface area contributed by atoms with Gasteiger partial charge in [0.25, 0.3) is 0 Å². The Bertz CT molecular complexity index is 4630. The molecule has 3 aromatic heterocycles. The average molecular weight is 1020 g/mol. The Hall–Kier alpha value is -9.45. The lowest BCUT2D eigenvalue weighted by molar-refractivity contribution is 0.456. The Morgan fingerprint density at radius 1 is 0.392 bits per heavy atom. The van der Waals surface area contributed by atoms with E-state index >= 15 is 0 Å². The van der Waals surface area contributed by atoms with Crippen LogP contribution in [0.4, 0.5) is 22.7 Å². The number of aromatic nitrogens is 2. The fraction of sp³-hybridized carbons (Fsp3) is 0.122. The molecule has 10 aromatic carbocycles. The molecule has 0 saturated heterocycles. The van der Waals surface area contributed by atoms with E-state index in [-0.39, 0.29) is 10.8 Å². The summed E-state index contributed by atoms with van der Waals surface area (Å²) in [4.78, 5) is 10.4. The van der Waals surface area contributed by atoms with Crippen molar-refractivity contribution in [2.24, 2.45) is 0 Å². The van der Waals surface area contributed by atoms with Crippen molar-refractivity contribution in [2.75, 3.05) is 16.5 Å². The van der Waals surface area contributed by atoms with Crippen molar-refractivity contribution >= 4 is 82.5 Å². The lowest BCUT2D eigenvalue weighted by atomic mass is 9.82. The topological polar surface area (TPSA) is 33.0 Å². The third kappa shape index (κ3) is 7.33. The van der Waals surface area contributed by atoms with Gasteiger partial charge in [0.05, 0.1) is 33.8 Å². The van der Waals surface area contributed by atoms with Crippen LogP contribution in [0.1, 0.15) is 52.7 Å². The molecule has 0 bridgehead atoms. The second-order valence-electron chi connectivity index (χ2n) is 23.5. The van der Waals surface area contributed by atoms with Gasteiger partial charge in [-0.05, 0) is 109 Å². The molecule has 380 valence electrons. The molecular weight excluding hydrogens is 961 g/mol. The van der Waals surface area contributed by atoms with Crippen molar-refractivity contribution in [2.45, 2.75) is 52.4 Å².